The Balaban J connectivity index is 1.66. The van der Waals surface area contributed by atoms with Crippen LogP contribution < -0.4 is 4.74 Å². The number of likely N-dealkylation sites (tertiary alicyclic amines) is 1. The molecule has 4 rings (SSSR count). The predicted molar refractivity (Wildman–Crippen MR) is 125 cm³/mol. The minimum atomic E-state index is -1.33. The molecule has 2 aliphatic heterocycles. The number of halogens is 1. The number of para-hydroxylation sites is 1. The molecule has 0 N–H and O–H groups in total. The maximum Gasteiger partial charge on any atom is 0.327 e. The lowest BCUT2D eigenvalue weighted by Gasteiger charge is -2.31. The van der Waals surface area contributed by atoms with Crippen LogP contribution in [0.5, 0.6) is 5.75 Å². The van der Waals surface area contributed by atoms with Crippen molar-refractivity contribution in [3.63, 3.8) is 0 Å². The zero-order valence-corrected chi connectivity index (χ0v) is 19.9. The van der Waals surface area contributed by atoms with E-state index in [0.717, 1.165) is 19.3 Å². The number of hydrogen-bond donors (Lipinski definition) is 0. The van der Waals surface area contributed by atoms with Crippen molar-refractivity contribution in [2.45, 2.75) is 57.3 Å². The molecular weight excluding hydrogens is 470 g/mol. The summed E-state index contributed by atoms with van der Waals surface area (Å²) >= 11 is 3.47. The summed E-state index contributed by atoms with van der Waals surface area (Å²) in [7, 11) is 0. The first-order valence-electron chi connectivity index (χ1n) is 11.4. The fourth-order valence-corrected chi connectivity index (χ4v) is 5.47. The molecule has 2 amide bonds. The van der Waals surface area contributed by atoms with E-state index < -0.39 is 17.3 Å². The Morgan fingerprint density at radius 1 is 0.969 bits per heavy atom. The second-order valence-electron chi connectivity index (χ2n) is 8.59. The van der Waals surface area contributed by atoms with Crippen LogP contribution in [0, 0.1) is 5.92 Å². The third kappa shape index (κ3) is 3.79. The van der Waals surface area contributed by atoms with Crippen molar-refractivity contribution in [2.75, 3.05) is 6.54 Å². The Morgan fingerprint density at radius 3 is 2.44 bits per heavy atom. The number of hydrogen-bond acceptors (Lipinski definition) is 4. The standard InChI is InChI=1S/C26H28BrNO4/c1-2-3-4-5-6-10-16-28-22(29)17-20(24(28)30)26(18-12-8-7-9-13-18)19-14-11-15-21(27)23(19)32-25(26)31/h7-9,11-15,20H,2-6,10,16-17H2,1H3/t20-,26+/m1/s1. The largest absolute Gasteiger partial charge is 0.424 e. The lowest BCUT2D eigenvalue weighted by molar-refractivity contribution is -0.145. The van der Waals surface area contributed by atoms with Gasteiger partial charge in [0.2, 0.25) is 11.8 Å². The van der Waals surface area contributed by atoms with Crippen LogP contribution in [0.3, 0.4) is 0 Å². The Bertz CT molecular complexity index is 1020. The number of imide groups is 1. The molecule has 2 atom stereocenters. The van der Waals surface area contributed by atoms with Gasteiger partial charge in [-0.25, -0.2) is 0 Å². The molecule has 1 saturated heterocycles. The third-order valence-electron chi connectivity index (χ3n) is 6.64. The summed E-state index contributed by atoms with van der Waals surface area (Å²) in [4.78, 5) is 41.3. The van der Waals surface area contributed by atoms with Crippen molar-refractivity contribution < 1.29 is 19.1 Å². The number of rotatable bonds is 9. The highest BCUT2D eigenvalue weighted by atomic mass is 79.9. The minimum absolute atomic E-state index is 0.00458. The number of amides is 2. The molecule has 2 aromatic carbocycles. The normalized spacial score (nSPS) is 22.4. The van der Waals surface area contributed by atoms with Crippen LogP contribution in [-0.2, 0) is 19.8 Å². The van der Waals surface area contributed by atoms with Gasteiger partial charge >= 0.3 is 5.97 Å². The molecule has 0 unspecified atom stereocenters. The van der Waals surface area contributed by atoms with Gasteiger partial charge < -0.3 is 4.74 Å². The van der Waals surface area contributed by atoms with E-state index in [1.807, 2.05) is 42.5 Å². The van der Waals surface area contributed by atoms with Crippen LogP contribution in [0.4, 0.5) is 0 Å². The molecule has 2 aliphatic rings. The van der Waals surface area contributed by atoms with E-state index >= 15 is 0 Å². The number of benzene rings is 2. The van der Waals surface area contributed by atoms with E-state index in [-0.39, 0.29) is 18.2 Å². The highest BCUT2D eigenvalue weighted by Gasteiger charge is 2.62. The van der Waals surface area contributed by atoms with E-state index in [1.54, 1.807) is 6.07 Å². The quantitative estimate of drug-likeness (QED) is 0.201. The minimum Gasteiger partial charge on any atom is -0.424 e. The molecule has 168 valence electrons. The van der Waals surface area contributed by atoms with Gasteiger partial charge in [0.1, 0.15) is 11.2 Å². The molecule has 6 heteroatoms. The second kappa shape index (κ2) is 9.57. The molecule has 1 fully saturated rings. The fourth-order valence-electron chi connectivity index (χ4n) is 5.02. The summed E-state index contributed by atoms with van der Waals surface area (Å²) in [5.41, 5.74) is -0.0201. The molecule has 0 saturated carbocycles. The van der Waals surface area contributed by atoms with Crippen LogP contribution >= 0.6 is 15.9 Å². The van der Waals surface area contributed by atoms with Gasteiger partial charge in [-0.3, -0.25) is 19.3 Å². The van der Waals surface area contributed by atoms with Gasteiger partial charge in [-0.15, -0.1) is 0 Å². The van der Waals surface area contributed by atoms with Gasteiger partial charge in [0, 0.05) is 18.5 Å². The number of ether oxygens (including phenoxy) is 1. The first-order chi connectivity index (χ1) is 15.5. The molecule has 5 nitrogen and oxygen atoms in total. The van der Waals surface area contributed by atoms with Crippen LogP contribution in [0.1, 0.15) is 63.0 Å². The summed E-state index contributed by atoms with van der Waals surface area (Å²) in [6.45, 7) is 2.58. The van der Waals surface area contributed by atoms with Gasteiger partial charge in [-0.1, -0.05) is 81.5 Å². The lowest BCUT2D eigenvalue weighted by atomic mass is 9.66. The molecule has 0 aliphatic carbocycles. The molecule has 2 heterocycles. The molecule has 0 spiro atoms. The smallest absolute Gasteiger partial charge is 0.327 e. The molecular formula is C26H28BrNO4. The van der Waals surface area contributed by atoms with Gasteiger partial charge in [0.15, 0.2) is 0 Å². The average Bonchev–Trinajstić information content (AvgIpc) is 3.25. The van der Waals surface area contributed by atoms with Crippen molar-refractivity contribution in [1.29, 1.82) is 0 Å². The molecule has 2 aromatic rings. The van der Waals surface area contributed by atoms with Crippen molar-refractivity contribution >= 4 is 33.7 Å². The van der Waals surface area contributed by atoms with Crippen LogP contribution in [-0.4, -0.2) is 29.2 Å². The summed E-state index contributed by atoms with van der Waals surface area (Å²) < 4.78 is 6.36. The van der Waals surface area contributed by atoms with Gasteiger partial charge in [0.25, 0.3) is 0 Å². The van der Waals surface area contributed by atoms with Gasteiger partial charge in [-0.05, 0) is 34.0 Å². The first-order valence-corrected chi connectivity index (χ1v) is 12.2. The number of carbonyl (C=O) groups is 3. The Labute approximate surface area is 197 Å². The van der Waals surface area contributed by atoms with Crippen molar-refractivity contribution in [3.8, 4) is 5.75 Å². The molecule has 32 heavy (non-hydrogen) atoms. The molecule has 0 bridgehead atoms. The highest BCUT2D eigenvalue weighted by molar-refractivity contribution is 9.10. The van der Waals surface area contributed by atoms with E-state index in [1.165, 1.54) is 24.2 Å². The lowest BCUT2D eigenvalue weighted by Crippen LogP contribution is -2.46. The summed E-state index contributed by atoms with van der Waals surface area (Å²) in [5, 5.41) is 0. The first kappa shape index (κ1) is 22.7. The van der Waals surface area contributed by atoms with Crippen molar-refractivity contribution in [3.05, 3.63) is 64.1 Å². The number of esters is 1. The Kier molecular flexibility index (Phi) is 6.79. The van der Waals surface area contributed by atoms with E-state index in [9.17, 15) is 14.4 Å². The highest BCUT2D eigenvalue weighted by Crippen LogP contribution is 2.54. The fraction of sp³-hybridized carbons (Fsp3) is 0.423. The van der Waals surface area contributed by atoms with Gasteiger partial charge in [-0.2, -0.15) is 0 Å². The SMILES string of the molecule is CCCCCCCCN1C(=O)C[C@@H]([C@@]2(c3ccccc3)C(=O)Oc3c(Br)cccc32)C1=O. The van der Waals surface area contributed by atoms with E-state index in [4.69, 9.17) is 4.74 Å². The molecule has 0 aromatic heterocycles. The molecule has 0 radical (unpaired) electrons. The van der Waals surface area contributed by atoms with Crippen molar-refractivity contribution in [1.82, 2.24) is 4.90 Å². The maximum absolute atomic E-state index is 13.6. The summed E-state index contributed by atoms with van der Waals surface area (Å²) in [6.07, 6.45) is 6.46. The topological polar surface area (TPSA) is 63.7 Å². The maximum atomic E-state index is 13.6. The predicted octanol–water partition coefficient (Wildman–Crippen LogP) is 5.39. The Morgan fingerprint density at radius 2 is 1.69 bits per heavy atom. The van der Waals surface area contributed by atoms with Crippen LogP contribution in [0.25, 0.3) is 0 Å². The van der Waals surface area contributed by atoms with E-state index in [0.29, 0.717) is 27.9 Å². The monoisotopic (exact) mass is 497 g/mol. The van der Waals surface area contributed by atoms with E-state index in [2.05, 4.69) is 22.9 Å². The Hall–Kier alpha value is -2.47. The second-order valence-corrected chi connectivity index (χ2v) is 9.44. The zero-order valence-electron chi connectivity index (χ0n) is 18.3. The third-order valence-corrected chi connectivity index (χ3v) is 7.26. The summed E-state index contributed by atoms with van der Waals surface area (Å²) in [5.74, 6) is -1.38. The van der Waals surface area contributed by atoms with Crippen LogP contribution in [0.2, 0.25) is 0 Å². The number of nitrogens with zero attached hydrogens (tertiary/aromatic N) is 1. The summed E-state index contributed by atoms with van der Waals surface area (Å²) in [6, 6.07) is 14.7. The zero-order chi connectivity index (χ0) is 22.7. The van der Waals surface area contributed by atoms with Crippen molar-refractivity contribution in [2.24, 2.45) is 5.92 Å². The number of unbranched alkanes of at least 4 members (excludes halogenated alkanes) is 5. The average molecular weight is 498 g/mol. The number of fused-ring (bicyclic) bond motifs is 1. The van der Waals surface area contributed by atoms with Gasteiger partial charge in [0.05, 0.1) is 10.4 Å². The number of carbonyl (C=O) groups excluding carboxylic acids is 3. The van der Waals surface area contributed by atoms with Crippen LogP contribution in [0.15, 0.2) is 53.0 Å².